The fraction of sp³-hybridized carbons (Fsp3) is 0.254. The van der Waals surface area contributed by atoms with E-state index in [2.05, 4.69) is 244 Å². The largest absolute Gasteiger partial charge is 0.485 e. The van der Waals surface area contributed by atoms with Crippen molar-refractivity contribution in [2.24, 2.45) is 0 Å². The topological polar surface area (TPSA) is 12.5 Å². The maximum absolute atomic E-state index is 6.43. The van der Waals surface area contributed by atoms with E-state index < -0.39 is 0 Å². The summed E-state index contributed by atoms with van der Waals surface area (Å²) >= 11 is 0. The Hall–Kier alpha value is -6.12. The predicted octanol–water partition coefficient (Wildman–Crippen LogP) is 16.2. The molecule has 0 bridgehead atoms. The van der Waals surface area contributed by atoms with E-state index in [1.165, 1.54) is 66.4 Å². The van der Waals surface area contributed by atoms with Crippen LogP contribution in [0.3, 0.4) is 0 Å². The quantitative estimate of drug-likeness (QED) is 0.166. The molecule has 2 nitrogen and oxygen atoms in total. The number of hydrogen-bond donors (Lipinski definition) is 0. The van der Waals surface area contributed by atoms with E-state index in [0.29, 0.717) is 0 Å². The Morgan fingerprint density at radius 3 is 1.80 bits per heavy atom. The molecule has 0 radical (unpaired) electrons. The van der Waals surface area contributed by atoms with Crippen LogP contribution in [0.1, 0.15) is 97.1 Å². The lowest BCUT2D eigenvalue weighted by Crippen LogP contribution is -2.33. The molecule has 0 amide bonds. The highest BCUT2D eigenvalue weighted by Gasteiger charge is 2.44. The van der Waals surface area contributed by atoms with Gasteiger partial charge in [0, 0.05) is 22.5 Å². The van der Waals surface area contributed by atoms with E-state index in [0.717, 1.165) is 22.8 Å². The summed E-state index contributed by atoms with van der Waals surface area (Å²) in [6.45, 7) is 23.1. The third-order valence-corrected chi connectivity index (χ3v) is 13.0. The van der Waals surface area contributed by atoms with Crippen LogP contribution in [0.15, 0.2) is 170 Å². The molecular weight excluding hydrogens is 739 g/mol. The van der Waals surface area contributed by atoms with Gasteiger partial charge in [-0.1, -0.05) is 190 Å². The van der Waals surface area contributed by atoms with Crippen LogP contribution in [-0.2, 0) is 21.7 Å². The highest BCUT2D eigenvalue weighted by Crippen LogP contribution is 2.49. The molecule has 2 unspecified atom stereocenters. The molecule has 7 aromatic rings. The first kappa shape index (κ1) is 40.3. The van der Waals surface area contributed by atoms with Gasteiger partial charge in [-0.15, -0.1) is 0 Å². The maximum Gasteiger partial charge on any atom is 0.130 e. The van der Waals surface area contributed by atoms with E-state index in [-0.39, 0.29) is 27.8 Å². The molecule has 0 saturated carbocycles. The van der Waals surface area contributed by atoms with Crippen molar-refractivity contribution in [2.75, 3.05) is 4.90 Å². The highest BCUT2D eigenvalue weighted by atomic mass is 16.5. The summed E-state index contributed by atoms with van der Waals surface area (Å²) in [6, 6.07) is 56.5. The van der Waals surface area contributed by atoms with Gasteiger partial charge in [0.05, 0.1) is 11.1 Å². The van der Waals surface area contributed by atoms with Crippen LogP contribution in [0.4, 0.5) is 17.1 Å². The van der Waals surface area contributed by atoms with Gasteiger partial charge in [0.25, 0.3) is 0 Å². The van der Waals surface area contributed by atoms with Crippen molar-refractivity contribution in [1.29, 1.82) is 0 Å². The average molecular weight is 798 g/mol. The van der Waals surface area contributed by atoms with Crippen molar-refractivity contribution < 1.29 is 4.74 Å². The highest BCUT2D eigenvalue weighted by molar-refractivity contribution is 6.09. The van der Waals surface area contributed by atoms with Gasteiger partial charge in [0.2, 0.25) is 0 Å². The van der Waals surface area contributed by atoms with E-state index in [9.17, 15) is 0 Å². The van der Waals surface area contributed by atoms with Crippen LogP contribution in [-0.4, -0.2) is 6.10 Å². The average Bonchev–Trinajstić information content (AvgIpc) is 3.54. The Balaban J connectivity index is 1.24. The molecule has 1 heterocycles. The third kappa shape index (κ3) is 7.41. The molecule has 9 rings (SSSR count). The van der Waals surface area contributed by atoms with Gasteiger partial charge >= 0.3 is 0 Å². The Kier molecular flexibility index (Phi) is 9.78. The molecular formula is C59H59NO. The predicted molar refractivity (Wildman–Crippen MR) is 261 cm³/mol. The first-order chi connectivity index (χ1) is 29.0. The lowest BCUT2D eigenvalue weighted by atomic mass is 9.74. The fourth-order valence-electron chi connectivity index (χ4n) is 9.28. The summed E-state index contributed by atoms with van der Waals surface area (Å²) in [4.78, 5) is 2.45. The Labute approximate surface area is 364 Å². The van der Waals surface area contributed by atoms with E-state index in [1.807, 2.05) is 0 Å². The van der Waals surface area contributed by atoms with Gasteiger partial charge in [-0.2, -0.15) is 0 Å². The second-order valence-electron chi connectivity index (χ2n) is 20.5. The van der Waals surface area contributed by atoms with E-state index in [1.54, 1.807) is 0 Å². The number of allylic oxidation sites excluding steroid dienone is 2. The normalized spacial score (nSPS) is 17.4. The van der Waals surface area contributed by atoms with Crippen molar-refractivity contribution >= 4 is 33.4 Å². The number of anilines is 3. The van der Waals surface area contributed by atoms with Crippen molar-refractivity contribution in [3.63, 3.8) is 0 Å². The Morgan fingerprint density at radius 2 is 1.11 bits per heavy atom. The number of para-hydroxylation sites is 2. The summed E-state index contributed by atoms with van der Waals surface area (Å²) in [7, 11) is 0. The van der Waals surface area contributed by atoms with Gasteiger partial charge < -0.3 is 9.64 Å². The van der Waals surface area contributed by atoms with Crippen LogP contribution in [0.25, 0.3) is 38.6 Å². The molecule has 1 aliphatic carbocycles. The minimum Gasteiger partial charge on any atom is -0.485 e. The second-order valence-corrected chi connectivity index (χ2v) is 20.5. The zero-order chi connectivity index (χ0) is 42.9. The summed E-state index contributed by atoms with van der Waals surface area (Å²) in [5, 5.41) is 2.49. The summed E-state index contributed by atoms with van der Waals surface area (Å²) in [6.07, 6.45) is 6.87. The van der Waals surface area contributed by atoms with Crippen LogP contribution in [0, 0.1) is 0 Å². The molecule has 2 atom stereocenters. The third-order valence-electron chi connectivity index (χ3n) is 13.0. The van der Waals surface area contributed by atoms with Gasteiger partial charge in [0.1, 0.15) is 11.9 Å². The van der Waals surface area contributed by atoms with Gasteiger partial charge in [-0.3, -0.25) is 0 Å². The fourth-order valence-corrected chi connectivity index (χ4v) is 9.28. The molecule has 0 aromatic heterocycles. The van der Waals surface area contributed by atoms with Crippen LogP contribution >= 0.6 is 0 Å². The van der Waals surface area contributed by atoms with Crippen molar-refractivity contribution in [2.45, 2.75) is 97.0 Å². The zero-order valence-corrected chi connectivity index (χ0v) is 37.6. The summed E-state index contributed by atoms with van der Waals surface area (Å²) in [5.74, 6) is 0.973. The first-order valence-corrected chi connectivity index (χ1v) is 21.9. The molecule has 0 saturated heterocycles. The van der Waals surface area contributed by atoms with E-state index in [4.69, 9.17) is 4.74 Å². The number of benzene rings is 7. The lowest BCUT2D eigenvalue weighted by molar-refractivity contribution is 0.228. The standard InChI is InChI=1S/C59H59NO/c1-56(2,3)43-29-31-46(32-30-43)60(47-21-15-20-40(36-47)41-28-33-54-59(10,38-41)51-25-12-14-27-53(51)61-54)52-26-13-11-22-49(52)50-24-17-19-39-18-16-23-48(55(39)50)42-34-44(57(4,5)6)37-45(35-42)58(7,8)9/h11-38,54H,1-10H3. The maximum atomic E-state index is 6.43. The van der Waals surface area contributed by atoms with E-state index >= 15 is 0 Å². The van der Waals surface area contributed by atoms with Crippen LogP contribution in [0.5, 0.6) is 5.75 Å². The molecule has 61 heavy (non-hydrogen) atoms. The second kappa shape index (κ2) is 14.8. The number of nitrogens with zero attached hydrogens (tertiary/aromatic N) is 1. The smallest absolute Gasteiger partial charge is 0.130 e. The first-order valence-electron chi connectivity index (χ1n) is 21.9. The monoisotopic (exact) mass is 797 g/mol. The molecule has 0 fully saturated rings. The Morgan fingerprint density at radius 1 is 0.508 bits per heavy atom. The number of ether oxygens (including phenoxy) is 1. The number of fused-ring (bicyclic) bond motifs is 4. The minimum atomic E-state index is -0.252. The summed E-state index contributed by atoms with van der Waals surface area (Å²) in [5.41, 5.74) is 15.7. The molecule has 2 heteroatoms. The van der Waals surface area contributed by atoms with Gasteiger partial charge in [0.15, 0.2) is 0 Å². The van der Waals surface area contributed by atoms with Crippen LogP contribution < -0.4 is 9.64 Å². The molecule has 2 aliphatic rings. The number of rotatable bonds is 6. The Bertz CT molecular complexity index is 2810. The molecule has 1 aliphatic heterocycles. The zero-order valence-electron chi connectivity index (χ0n) is 37.6. The SMILES string of the molecule is CC(C)(C)c1ccc(N(c2cccc(C3=CC4(C)c5ccccc5OC4C=C3)c2)c2ccccc2-c2cccc3cccc(-c4cc(C(C)(C)C)cc(C(C)(C)C)c4)c23)cc1. The molecule has 7 aromatic carbocycles. The van der Waals surface area contributed by atoms with Crippen molar-refractivity contribution in [3.8, 4) is 28.0 Å². The molecule has 0 N–H and O–H groups in total. The van der Waals surface area contributed by atoms with Crippen LogP contribution in [0.2, 0.25) is 0 Å². The molecule has 0 spiro atoms. The summed E-state index contributed by atoms with van der Waals surface area (Å²) < 4.78 is 6.43. The minimum absolute atomic E-state index is 0.00580. The lowest BCUT2D eigenvalue weighted by Gasteiger charge is -2.31. The van der Waals surface area contributed by atoms with Crippen molar-refractivity contribution in [1.82, 2.24) is 0 Å². The van der Waals surface area contributed by atoms with Gasteiger partial charge in [-0.25, -0.2) is 0 Å². The van der Waals surface area contributed by atoms with Gasteiger partial charge in [-0.05, 0) is 121 Å². The molecule has 306 valence electrons. The number of hydrogen-bond acceptors (Lipinski definition) is 2. The van der Waals surface area contributed by atoms with Crippen molar-refractivity contribution in [3.05, 3.63) is 198 Å².